The molecule has 144 valence electrons. The normalized spacial score (nSPS) is 20.3. The van der Waals surface area contributed by atoms with Gasteiger partial charge < -0.3 is 10.1 Å². The molecule has 2 unspecified atom stereocenters. The van der Waals surface area contributed by atoms with Gasteiger partial charge in [-0.2, -0.15) is 0 Å². The van der Waals surface area contributed by atoms with E-state index in [-0.39, 0.29) is 18.1 Å². The molecule has 1 aromatic rings. The molecule has 0 saturated heterocycles. The summed E-state index contributed by atoms with van der Waals surface area (Å²) in [4.78, 5) is 12.6. The Kier molecular flexibility index (Phi) is 9.47. The molecule has 0 spiro atoms. The maximum atomic E-state index is 12.6. The number of hydrogen-bond acceptors (Lipinski definition) is 2. The van der Waals surface area contributed by atoms with Crippen LogP contribution >= 0.6 is 0 Å². The van der Waals surface area contributed by atoms with Crippen LogP contribution in [0.4, 0.5) is 0 Å². The summed E-state index contributed by atoms with van der Waals surface area (Å²) in [6.07, 6.45) is 12.3. The van der Waals surface area contributed by atoms with E-state index in [1.165, 1.54) is 31.2 Å². The molecule has 1 amide bonds. The van der Waals surface area contributed by atoms with Crippen LogP contribution in [-0.2, 0) is 16.1 Å². The average molecular weight is 358 g/mol. The predicted octanol–water partition coefficient (Wildman–Crippen LogP) is 5.55. The molecular weight excluding hydrogens is 322 g/mol. The number of ether oxygens (including phenoxy) is 1. The van der Waals surface area contributed by atoms with Gasteiger partial charge in [-0.1, -0.05) is 69.0 Å². The number of unbranched alkanes of at least 4 members (excludes halogenated alkanes) is 4. The Morgan fingerprint density at radius 3 is 2.65 bits per heavy atom. The van der Waals surface area contributed by atoms with E-state index in [1.54, 1.807) is 0 Å². The molecule has 0 radical (unpaired) electrons. The van der Waals surface area contributed by atoms with Crippen molar-refractivity contribution in [3.63, 3.8) is 0 Å². The van der Waals surface area contributed by atoms with Crippen molar-refractivity contribution in [3.05, 3.63) is 47.5 Å². The molecule has 3 nitrogen and oxygen atoms in total. The fourth-order valence-corrected chi connectivity index (χ4v) is 3.64. The second kappa shape index (κ2) is 11.9. The van der Waals surface area contributed by atoms with Crippen molar-refractivity contribution in [1.82, 2.24) is 5.32 Å². The lowest BCUT2D eigenvalue weighted by Gasteiger charge is -2.22. The Bertz CT molecular complexity index is 553. The van der Waals surface area contributed by atoms with Crippen LogP contribution in [0.1, 0.15) is 77.2 Å². The number of hydrogen-bond donors (Lipinski definition) is 1. The Labute approximate surface area is 159 Å². The van der Waals surface area contributed by atoms with E-state index in [9.17, 15) is 4.79 Å². The molecule has 1 aliphatic rings. The first-order valence-corrected chi connectivity index (χ1v) is 10.4. The predicted molar refractivity (Wildman–Crippen MR) is 108 cm³/mol. The molecule has 26 heavy (non-hydrogen) atoms. The molecule has 0 heterocycles. The quantitative estimate of drug-likeness (QED) is 0.417. The van der Waals surface area contributed by atoms with E-state index < -0.39 is 0 Å². The van der Waals surface area contributed by atoms with Crippen LogP contribution in [0, 0.1) is 0 Å². The van der Waals surface area contributed by atoms with Crippen LogP contribution in [0.25, 0.3) is 0 Å². The highest BCUT2D eigenvalue weighted by molar-refractivity contribution is 5.93. The smallest absolute Gasteiger partial charge is 0.247 e. The molecule has 0 aromatic heterocycles. The second-order valence-electron chi connectivity index (χ2n) is 7.32. The highest BCUT2D eigenvalue weighted by atomic mass is 16.5. The summed E-state index contributed by atoms with van der Waals surface area (Å²) in [5.41, 5.74) is 2.11. The first-order valence-electron chi connectivity index (χ1n) is 10.4. The number of allylic oxidation sites excluding steroid dienone is 1. The van der Waals surface area contributed by atoms with Gasteiger partial charge in [0.2, 0.25) is 5.91 Å². The van der Waals surface area contributed by atoms with Crippen LogP contribution in [0.15, 0.2) is 42.0 Å². The summed E-state index contributed by atoms with van der Waals surface area (Å²) in [6, 6.07) is 10.4. The van der Waals surface area contributed by atoms with Crippen molar-refractivity contribution in [2.24, 2.45) is 0 Å². The van der Waals surface area contributed by atoms with Gasteiger partial charge in [-0.25, -0.2) is 0 Å². The van der Waals surface area contributed by atoms with E-state index in [2.05, 4.69) is 24.4 Å². The maximum Gasteiger partial charge on any atom is 0.247 e. The maximum absolute atomic E-state index is 12.6. The van der Waals surface area contributed by atoms with Crippen LogP contribution in [0.2, 0.25) is 0 Å². The first kappa shape index (κ1) is 20.7. The lowest BCUT2D eigenvalue weighted by Crippen LogP contribution is -2.41. The fraction of sp³-hybridized carbons (Fsp3) is 0.609. The standard InChI is InChI=1S/C23H35NO2/c1-3-5-6-7-11-15-20(4-2)23(25)24-21-16-12-17-22(21)26-18-19-13-9-8-10-14-19/h4,8-10,13-14,21-22H,3,5-7,11-12,15-18H2,1-2H3,(H,24,25). The Hall–Kier alpha value is -1.61. The molecule has 1 saturated carbocycles. The summed E-state index contributed by atoms with van der Waals surface area (Å²) < 4.78 is 6.11. The molecule has 0 bridgehead atoms. The van der Waals surface area contributed by atoms with Crippen molar-refractivity contribution < 1.29 is 9.53 Å². The van der Waals surface area contributed by atoms with Crippen molar-refractivity contribution in [3.8, 4) is 0 Å². The van der Waals surface area contributed by atoms with Crippen LogP contribution in [0.3, 0.4) is 0 Å². The molecule has 2 rings (SSSR count). The van der Waals surface area contributed by atoms with Crippen molar-refractivity contribution in [2.75, 3.05) is 0 Å². The Morgan fingerprint density at radius 2 is 1.92 bits per heavy atom. The van der Waals surface area contributed by atoms with Gasteiger partial charge in [0.1, 0.15) is 0 Å². The van der Waals surface area contributed by atoms with Crippen molar-refractivity contribution in [2.45, 2.75) is 90.4 Å². The number of benzene rings is 1. The number of rotatable bonds is 11. The van der Waals surface area contributed by atoms with Gasteiger partial charge >= 0.3 is 0 Å². The van der Waals surface area contributed by atoms with Gasteiger partial charge in [0, 0.05) is 5.57 Å². The zero-order valence-corrected chi connectivity index (χ0v) is 16.5. The molecule has 1 fully saturated rings. The summed E-state index contributed by atoms with van der Waals surface area (Å²) in [7, 11) is 0. The second-order valence-corrected chi connectivity index (χ2v) is 7.32. The Morgan fingerprint density at radius 1 is 1.15 bits per heavy atom. The van der Waals surface area contributed by atoms with Crippen LogP contribution in [0.5, 0.6) is 0 Å². The molecular formula is C23H35NO2. The molecule has 1 aromatic carbocycles. The first-order chi connectivity index (χ1) is 12.7. The summed E-state index contributed by atoms with van der Waals surface area (Å²) >= 11 is 0. The van der Waals surface area contributed by atoms with Gasteiger partial charge in [0.15, 0.2) is 0 Å². The van der Waals surface area contributed by atoms with Gasteiger partial charge in [-0.05, 0) is 44.6 Å². The van der Waals surface area contributed by atoms with Gasteiger partial charge in [-0.15, -0.1) is 0 Å². The lowest BCUT2D eigenvalue weighted by atomic mass is 10.0. The lowest BCUT2D eigenvalue weighted by molar-refractivity contribution is -0.119. The third kappa shape index (κ3) is 6.95. The third-order valence-electron chi connectivity index (χ3n) is 5.27. The van der Waals surface area contributed by atoms with E-state index in [1.807, 2.05) is 31.2 Å². The number of carbonyl (C=O) groups is 1. The van der Waals surface area contributed by atoms with E-state index in [0.717, 1.165) is 37.7 Å². The molecule has 0 aliphatic heterocycles. The van der Waals surface area contributed by atoms with Crippen LogP contribution in [-0.4, -0.2) is 18.1 Å². The molecule has 3 heteroatoms. The zero-order valence-electron chi connectivity index (χ0n) is 16.5. The Balaban J connectivity index is 1.76. The largest absolute Gasteiger partial charge is 0.371 e. The number of amides is 1. The van der Waals surface area contributed by atoms with E-state index in [4.69, 9.17) is 4.74 Å². The summed E-state index contributed by atoms with van der Waals surface area (Å²) in [6.45, 7) is 4.81. The molecule has 1 N–H and O–H groups in total. The highest BCUT2D eigenvalue weighted by Gasteiger charge is 2.29. The molecule has 1 aliphatic carbocycles. The zero-order chi connectivity index (χ0) is 18.6. The van der Waals surface area contributed by atoms with Crippen molar-refractivity contribution >= 4 is 5.91 Å². The summed E-state index contributed by atoms with van der Waals surface area (Å²) in [5.74, 6) is 0.100. The SMILES string of the molecule is CC=C(CCCCCCC)C(=O)NC1CCCC1OCc1ccccc1. The number of carbonyl (C=O) groups excluding carboxylic acids is 1. The topological polar surface area (TPSA) is 38.3 Å². The third-order valence-corrected chi connectivity index (χ3v) is 5.27. The fourth-order valence-electron chi connectivity index (χ4n) is 3.64. The average Bonchev–Trinajstić information content (AvgIpc) is 3.10. The monoisotopic (exact) mass is 357 g/mol. The van der Waals surface area contributed by atoms with Crippen molar-refractivity contribution in [1.29, 1.82) is 0 Å². The van der Waals surface area contributed by atoms with Gasteiger partial charge in [0.05, 0.1) is 18.8 Å². The minimum atomic E-state index is 0.100. The summed E-state index contributed by atoms with van der Waals surface area (Å²) in [5, 5.41) is 3.24. The van der Waals surface area contributed by atoms with Gasteiger partial charge in [0.25, 0.3) is 0 Å². The van der Waals surface area contributed by atoms with Gasteiger partial charge in [-0.3, -0.25) is 4.79 Å². The van der Waals surface area contributed by atoms with E-state index >= 15 is 0 Å². The molecule has 2 atom stereocenters. The minimum Gasteiger partial charge on any atom is -0.371 e. The minimum absolute atomic E-state index is 0.100. The number of nitrogens with one attached hydrogen (secondary N) is 1. The van der Waals surface area contributed by atoms with Crippen LogP contribution < -0.4 is 5.32 Å². The highest BCUT2D eigenvalue weighted by Crippen LogP contribution is 2.24. The van der Waals surface area contributed by atoms with E-state index in [0.29, 0.717) is 6.61 Å².